The second kappa shape index (κ2) is 10.9. The van der Waals surface area contributed by atoms with Crippen LogP contribution in [0, 0.1) is 0 Å². The van der Waals surface area contributed by atoms with Crippen molar-refractivity contribution in [3.8, 4) is 5.75 Å². The average molecular weight is 359 g/mol. The summed E-state index contributed by atoms with van der Waals surface area (Å²) in [5.41, 5.74) is 0.874. The molecule has 3 N–H and O–H groups in total. The Balaban J connectivity index is 0.00000529. The minimum atomic E-state index is -0.940. The maximum Gasteiger partial charge on any atom is 0.320 e. The predicted molar refractivity (Wildman–Crippen MR) is 95.7 cm³/mol. The molecule has 24 heavy (non-hydrogen) atoms. The number of para-hydroxylation sites is 1. The molecule has 6 nitrogen and oxygen atoms in total. The third kappa shape index (κ3) is 6.37. The summed E-state index contributed by atoms with van der Waals surface area (Å²) in [6.45, 7) is 5.44. The first-order chi connectivity index (χ1) is 10.9. The van der Waals surface area contributed by atoms with Gasteiger partial charge >= 0.3 is 5.97 Å². The zero-order chi connectivity index (χ0) is 17.4. The van der Waals surface area contributed by atoms with E-state index < -0.39 is 18.1 Å². The Bertz CT molecular complexity index is 539. The topological polar surface area (TPSA) is 87.7 Å². The Morgan fingerprint density at radius 2 is 1.88 bits per heavy atom. The number of carboxylic acid groups (broad SMARTS) is 1. The molecule has 0 heterocycles. The zero-order valence-corrected chi connectivity index (χ0v) is 15.4. The Kier molecular flexibility index (Phi) is 10.1. The lowest BCUT2D eigenvalue weighted by Gasteiger charge is -2.22. The average Bonchev–Trinajstić information content (AvgIpc) is 2.53. The molecular weight excluding hydrogens is 332 g/mol. The van der Waals surface area contributed by atoms with Crippen LogP contribution in [-0.2, 0) is 9.59 Å². The van der Waals surface area contributed by atoms with Gasteiger partial charge in [-0.05, 0) is 26.3 Å². The number of nitrogens with one attached hydrogen (secondary N) is 2. The van der Waals surface area contributed by atoms with Crippen molar-refractivity contribution in [1.82, 2.24) is 10.6 Å². The maximum absolute atomic E-state index is 12.3. The summed E-state index contributed by atoms with van der Waals surface area (Å²) in [7, 11) is 1.58. The van der Waals surface area contributed by atoms with Crippen LogP contribution < -0.4 is 15.4 Å². The zero-order valence-electron chi connectivity index (χ0n) is 14.5. The van der Waals surface area contributed by atoms with Crippen molar-refractivity contribution < 1.29 is 19.4 Å². The van der Waals surface area contributed by atoms with Gasteiger partial charge in [0.25, 0.3) is 0 Å². The highest BCUT2D eigenvalue weighted by atomic mass is 35.5. The number of hydrogen-bond acceptors (Lipinski definition) is 4. The second-order valence-electron chi connectivity index (χ2n) is 5.54. The predicted octanol–water partition coefficient (Wildman–Crippen LogP) is 2.53. The molecule has 1 aromatic rings. The first-order valence-corrected chi connectivity index (χ1v) is 7.82. The molecule has 0 saturated heterocycles. The number of ether oxygens (including phenoxy) is 1. The van der Waals surface area contributed by atoms with E-state index in [1.807, 2.05) is 38.1 Å². The lowest BCUT2D eigenvalue weighted by atomic mass is 10.1. The van der Waals surface area contributed by atoms with Gasteiger partial charge in [-0.2, -0.15) is 0 Å². The number of aliphatic carboxylic acids is 1. The van der Waals surface area contributed by atoms with Crippen LogP contribution in [0.3, 0.4) is 0 Å². The van der Waals surface area contributed by atoms with Crippen LogP contribution in [0.5, 0.6) is 5.75 Å². The Morgan fingerprint density at radius 1 is 1.25 bits per heavy atom. The molecule has 3 atom stereocenters. The van der Waals surface area contributed by atoms with E-state index in [0.717, 1.165) is 12.0 Å². The molecule has 0 aliphatic carbocycles. The second-order valence-corrected chi connectivity index (χ2v) is 5.54. The van der Waals surface area contributed by atoms with Gasteiger partial charge in [0.2, 0.25) is 5.91 Å². The summed E-state index contributed by atoms with van der Waals surface area (Å²) in [5.74, 6) is -0.481. The molecule has 136 valence electrons. The standard InChI is InChI=1S/C17H26N2O4.ClH/c1-5-8-14(17(21)22)18-12(3)16(20)19-11(2)13-9-6-7-10-15(13)23-4;/h6-7,9-12,14,18H,5,8H2,1-4H3,(H,19,20)(H,21,22);1H. The van der Waals surface area contributed by atoms with Crippen molar-refractivity contribution in [2.45, 2.75) is 51.7 Å². The molecule has 0 aliphatic rings. The van der Waals surface area contributed by atoms with E-state index in [-0.39, 0.29) is 24.4 Å². The van der Waals surface area contributed by atoms with Crippen LogP contribution in [0.15, 0.2) is 24.3 Å². The number of amides is 1. The van der Waals surface area contributed by atoms with Crippen molar-refractivity contribution in [2.24, 2.45) is 0 Å². The van der Waals surface area contributed by atoms with E-state index in [0.29, 0.717) is 12.2 Å². The molecule has 0 fully saturated rings. The Labute approximate surface area is 149 Å². The third-order valence-corrected chi connectivity index (χ3v) is 3.68. The number of carbonyl (C=O) groups is 2. The van der Waals surface area contributed by atoms with Crippen LogP contribution in [0.25, 0.3) is 0 Å². The highest BCUT2D eigenvalue weighted by Gasteiger charge is 2.23. The highest BCUT2D eigenvalue weighted by Crippen LogP contribution is 2.24. The Morgan fingerprint density at radius 3 is 2.42 bits per heavy atom. The van der Waals surface area contributed by atoms with E-state index in [4.69, 9.17) is 9.84 Å². The summed E-state index contributed by atoms with van der Waals surface area (Å²) in [4.78, 5) is 23.4. The number of hydrogen-bond donors (Lipinski definition) is 3. The molecule has 3 unspecified atom stereocenters. The van der Waals surface area contributed by atoms with Crippen LogP contribution >= 0.6 is 12.4 Å². The minimum Gasteiger partial charge on any atom is -0.496 e. The van der Waals surface area contributed by atoms with Gasteiger partial charge in [-0.3, -0.25) is 14.9 Å². The van der Waals surface area contributed by atoms with E-state index in [9.17, 15) is 9.59 Å². The number of carbonyl (C=O) groups excluding carboxylic acids is 1. The molecular formula is C17H27ClN2O4. The van der Waals surface area contributed by atoms with Crippen LogP contribution in [0.2, 0.25) is 0 Å². The summed E-state index contributed by atoms with van der Waals surface area (Å²) < 4.78 is 5.29. The number of methoxy groups -OCH3 is 1. The van der Waals surface area contributed by atoms with Gasteiger partial charge in [-0.25, -0.2) is 0 Å². The summed E-state index contributed by atoms with van der Waals surface area (Å²) in [6.07, 6.45) is 1.21. The molecule has 0 saturated carbocycles. The number of rotatable bonds is 9. The van der Waals surface area contributed by atoms with Crippen molar-refractivity contribution >= 4 is 24.3 Å². The largest absolute Gasteiger partial charge is 0.496 e. The molecule has 0 spiro atoms. The van der Waals surface area contributed by atoms with Crippen molar-refractivity contribution in [3.63, 3.8) is 0 Å². The SMILES string of the molecule is CCCC(NC(C)C(=O)NC(C)c1ccccc1OC)C(=O)O.Cl. The number of halogens is 1. The lowest BCUT2D eigenvalue weighted by Crippen LogP contribution is -2.49. The van der Waals surface area contributed by atoms with Gasteiger partial charge in [-0.15, -0.1) is 12.4 Å². The van der Waals surface area contributed by atoms with Gasteiger partial charge in [0.05, 0.1) is 19.2 Å². The third-order valence-electron chi connectivity index (χ3n) is 3.68. The van der Waals surface area contributed by atoms with E-state index in [1.165, 1.54) is 0 Å². The summed E-state index contributed by atoms with van der Waals surface area (Å²) in [6, 6.07) is 5.91. The van der Waals surface area contributed by atoms with E-state index in [2.05, 4.69) is 10.6 Å². The lowest BCUT2D eigenvalue weighted by molar-refractivity contribution is -0.140. The minimum absolute atomic E-state index is 0. The summed E-state index contributed by atoms with van der Waals surface area (Å²) >= 11 is 0. The van der Waals surface area contributed by atoms with Crippen molar-refractivity contribution in [2.75, 3.05) is 7.11 Å². The van der Waals surface area contributed by atoms with Gasteiger partial charge in [-0.1, -0.05) is 31.5 Å². The monoisotopic (exact) mass is 358 g/mol. The molecule has 0 bridgehead atoms. The number of carboxylic acids is 1. The molecule has 1 aromatic carbocycles. The fourth-order valence-electron chi connectivity index (χ4n) is 2.38. The summed E-state index contributed by atoms with van der Waals surface area (Å²) in [5, 5.41) is 14.9. The van der Waals surface area contributed by atoms with Crippen molar-refractivity contribution in [1.29, 1.82) is 0 Å². The first-order valence-electron chi connectivity index (χ1n) is 7.82. The Hall–Kier alpha value is -1.79. The highest BCUT2D eigenvalue weighted by molar-refractivity contribution is 5.85. The molecule has 1 rings (SSSR count). The molecule has 0 radical (unpaired) electrons. The van der Waals surface area contributed by atoms with E-state index in [1.54, 1.807) is 14.0 Å². The first kappa shape index (κ1) is 22.2. The number of benzene rings is 1. The fourth-order valence-corrected chi connectivity index (χ4v) is 2.38. The van der Waals surface area contributed by atoms with Crippen LogP contribution in [-0.4, -0.2) is 36.2 Å². The van der Waals surface area contributed by atoms with Crippen LogP contribution in [0.4, 0.5) is 0 Å². The van der Waals surface area contributed by atoms with Gasteiger partial charge in [0.1, 0.15) is 11.8 Å². The van der Waals surface area contributed by atoms with Gasteiger partial charge < -0.3 is 15.2 Å². The maximum atomic E-state index is 12.3. The van der Waals surface area contributed by atoms with Crippen LogP contribution in [0.1, 0.15) is 45.2 Å². The fraction of sp³-hybridized carbons (Fsp3) is 0.529. The smallest absolute Gasteiger partial charge is 0.320 e. The van der Waals surface area contributed by atoms with Gasteiger partial charge in [0, 0.05) is 5.56 Å². The molecule has 1 amide bonds. The molecule has 7 heteroatoms. The van der Waals surface area contributed by atoms with E-state index >= 15 is 0 Å². The normalized spacial score (nSPS) is 14.0. The van der Waals surface area contributed by atoms with Gasteiger partial charge in [0.15, 0.2) is 0 Å². The molecule has 0 aliphatic heterocycles. The molecule has 0 aromatic heterocycles. The quantitative estimate of drug-likeness (QED) is 0.631. The van der Waals surface area contributed by atoms with Crippen molar-refractivity contribution in [3.05, 3.63) is 29.8 Å².